The third-order valence-electron chi connectivity index (χ3n) is 1.13. The molecule has 0 aromatic carbocycles. The summed E-state index contributed by atoms with van der Waals surface area (Å²) < 4.78 is 0. The molecule has 0 unspecified atom stereocenters. The number of aliphatic carboxylic acids is 1. The van der Waals surface area contributed by atoms with E-state index in [1.54, 1.807) is 0 Å². The average molecular weight is 452 g/mol. The molecule has 2 nitrogen and oxygen atoms in total. The summed E-state index contributed by atoms with van der Waals surface area (Å²) in [4.78, 5) is 10.1. The standard InChI is InChI=1S/C7H12O2.4BrH/c1-3-4-5-6(2)7(8)9;;;;/h2-5H2,1H3,(H,8,9);4*1H. The van der Waals surface area contributed by atoms with Crippen molar-refractivity contribution >= 4 is 73.9 Å². The highest BCUT2D eigenvalue weighted by molar-refractivity contribution is 8.93. The molecule has 0 aliphatic rings. The number of halogens is 4. The molecule has 1 N–H and O–H groups in total. The first kappa shape index (κ1) is 29.2. The lowest BCUT2D eigenvalue weighted by atomic mass is 10.1. The number of unbranched alkanes of at least 4 members (excludes halogenated alkanes) is 1. The second-order valence-electron chi connectivity index (χ2n) is 2.01. The molecule has 0 fully saturated rings. The van der Waals surface area contributed by atoms with Gasteiger partial charge in [0.1, 0.15) is 0 Å². The van der Waals surface area contributed by atoms with E-state index >= 15 is 0 Å². The van der Waals surface area contributed by atoms with Crippen LogP contribution in [0.1, 0.15) is 26.2 Å². The van der Waals surface area contributed by atoms with E-state index in [0.717, 1.165) is 12.8 Å². The number of hydrogen-bond donors (Lipinski definition) is 1. The molecule has 0 saturated heterocycles. The molecule has 84 valence electrons. The second-order valence-corrected chi connectivity index (χ2v) is 2.01. The first-order valence-electron chi connectivity index (χ1n) is 3.09. The van der Waals surface area contributed by atoms with Crippen LogP contribution in [-0.4, -0.2) is 11.1 Å². The normalized spacial score (nSPS) is 6.23. The van der Waals surface area contributed by atoms with Gasteiger partial charge in [0, 0.05) is 5.57 Å². The maximum atomic E-state index is 10.1. The molecule has 0 heterocycles. The second kappa shape index (κ2) is 18.8. The van der Waals surface area contributed by atoms with Crippen molar-refractivity contribution in [2.75, 3.05) is 0 Å². The van der Waals surface area contributed by atoms with E-state index in [-0.39, 0.29) is 67.9 Å². The van der Waals surface area contributed by atoms with Gasteiger partial charge in [0.2, 0.25) is 0 Å². The van der Waals surface area contributed by atoms with E-state index < -0.39 is 5.97 Å². The van der Waals surface area contributed by atoms with Crippen molar-refractivity contribution in [1.29, 1.82) is 0 Å². The third-order valence-corrected chi connectivity index (χ3v) is 1.13. The van der Waals surface area contributed by atoms with Crippen molar-refractivity contribution in [2.45, 2.75) is 26.2 Å². The molecule has 0 atom stereocenters. The Morgan fingerprint density at radius 1 is 1.23 bits per heavy atom. The van der Waals surface area contributed by atoms with Crippen LogP contribution in [0.2, 0.25) is 0 Å². The van der Waals surface area contributed by atoms with Gasteiger partial charge in [-0.05, 0) is 12.8 Å². The molecule has 13 heavy (non-hydrogen) atoms. The lowest BCUT2D eigenvalue weighted by molar-refractivity contribution is -0.132. The molecule has 0 rings (SSSR count). The fourth-order valence-electron chi connectivity index (χ4n) is 0.497. The summed E-state index contributed by atoms with van der Waals surface area (Å²) in [6, 6.07) is 0. The van der Waals surface area contributed by atoms with Gasteiger partial charge in [-0.3, -0.25) is 0 Å². The van der Waals surface area contributed by atoms with E-state index in [9.17, 15) is 4.79 Å². The quantitative estimate of drug-likeness (QED) is 0.653. The Morgan fingerprint density at radius 2 is 1.62 bits per heavy atom. The van der Waals surface area contributed by atoms with E-state index in [1.165, 1.54) is 0 Å². The summed E-state index contributed by atoms with van der Waals surface area (Å²) in [7, 11) is 0. The summed E-state index contributed by atoms with van der Waals surface area (Å²) in [5.74, 6) is -0.872. The first-order chi connectivity index (χ1) is 4.18. The van der Waals surface area contributed by atoms with Crippen LogP contribution in [0.4, 0.5) is 0 Å². The van der Waals surface area contributed by atoms with Gasteiger partial charge < -0.3 is 5.11 Å². The van der Waals surface area contributed by atoms with Gasteiger partial charge in [0.15, 0.2) is 0 Å². The molecule has 0 bridgehead atoms. The largest absolute Gasteiger partial charge is 0.478 e. The van der Waals surface area contributed by atoms with E-state index in [0.29, 0.717) is 12.0 Å². The van der Waals surface area contributed by atoms with Crippen molar-refractivity contribution in [3.63, 3.8) is 0 Å². The maximum absolute atomic E-state index is 10.1. The van der Waals surface area contributed by atoms with Crippen LogP contribution in [0.3, 0.4) is 0 Å². The molecule has 0 aromatic rings. The SMILES string of the molecule is Br.Br.Br.Br.C=C(CCCC)C(=O)O. The maximum Gasteiger partial charge on any atom is 0.330 e. The van der Waals surface area contributed by atoms with Crippen LogP contribution in [0.15, 0.2) is 12.2 Å². The molecule has 0 aromatic heterocycles. The third kappa shape index (κ3) is 19.5. The molecule has 0 aliphatic carbocycles. The van der Waals surface area contributed by atoms with Gasteiger partial charge in [0.05, 0.1) is 0 Å². The molecule has 0 aliphatic heterocycles. The van der Waals surface area contributed by atoms with Gasteiger partial charge in [-0.15, -0.1) is 67.9 Å². The van der Waals surface area contributed by atoms with E-state index in [1.807, 2.05) is 6.92 Å². The minimum atomic E-state index is -0.872. The zero-order chi connectivity index (χ0) is 7.28. The Morgan fingerprint density at radius 3 is 1.85 bits per heavy atom. The van der Waals surface area contributed by atoms with Crippen LogP contribution in [0.5, 0.6) is 0 Å². The molecular weight excluding hydrogens is 436 g/mol. The van der Waals surface area contributed by atoms with Gasteiger partial charge >= 0.3 is 5.97 Å². The number of carbonyl (C=O) groups is 1. The minimum Gasteiger partial charge on any atom is -0.478 e. The highest BCUT2D eigenvalue weighted by Gasteiger charge is 2.00. The summed E-state index contributed by atoms with van der Waals surface area (Å²) in [6.45, 7) is 5.42. The minimum absolute atomic E-state index is 0. The van der Waals surface area contributed by atoms with Gasteiger partial charge in [-0.1, -0.05) is 19.9 Å². The van der Waals surface area contributed by atoms with E-state index in [2.05, 4.69) is 6.58 Å². The Labute approximate surface area is 121 Å². The summed E-state index contributed by atoms with van der Waals surface area (Å²) in [5, 5.41) is 8.31. The first-order valence-corrected chi connectivity index (χ1v) is 3.09. The average Bonchev–Trinajstić information content (AvgIpc) is 1.82. The van der Waals surface area contributed by atoms with Gasteiger partial charge in [-0.25, -0.2) is 4.79 Å². The van der Waals surface area contributed by atoms with Crippen molar-refractivity contribution < 1.29 is 9.90 Å². The van der Waals surface area contributed by atoms with Crippen LogP contribution in [-0.2, 0) is 4.79 Å². The predicted octanol–water partition coefficient (Wildman–Crippen LogP) is 4.13. The number of hydrogen-bond acceptors (Lipinski definition) is 1. The highest BCUT2D eigenvalue weighted by atomic mass is 79.9. The van der Waals surface area contributed by atoms with Crippen LogP contribution >= 0.6 is 67.9 Å². The van der Waals surface area contributed by atoms with Crippen LogP contribution in [0.25, 0.3) is 0 Å². The summed E-state index contributed by atoms with van der Waals surface area (Å²) >= 11 is 0. The number of carboxylic acid groups (broad SMARTS) is 1. The molecule has 0 radical (unpaired) electrons. The Balaban J connectivity index is -0.0000000533. The van der Waals surface area contributed by atoms with Crippen LogP contribution in [0, 0.1) is 0 Å². The molecule has 0 amide bonds. The lowest BCUT2D eigenvalue weighted by Crippen LogP contribution is -1.97. The summed E-state index contributed by atoms with van der Waals surface area (Å²) in [6.07, 6.45) is 2.56. The van der Waals surface area contributed by atoms with Gasteiger partial charge in [0.25, 0.3) is 0 Å². The zero-order valence-corrected chi connectivity index (χ0v) is 14.2. The smallest absolute Gasteiger partial charge is 0.330 e. The molecule has 0 saturated carbocycles. The Hall–Kier alpha value is 1.13. The monoisotopic (exact) mass is 448 g/mol. The highest BCUT2D eigenvalue weighted by Crippen LogP contribution is 2.03. The molecule has 6 heteroatoms. The predicted molar refractivity (Wildman–Crippen MR) is 77.6 cm³/mol. The topological polar surface area (TPSA) is 37.3 Å². The molecular formula is C7H16Br4O2. The van der Waals surface area contributed by atoms with Crippen molar-refractivity contribution in [1.82, 2.24) is 0 Å². The fraction of sp³-hybridized carbons (Fsp3) is 0.571. The summed E-state index contributed by atoms with van der Waals surface area (Å²) in [5.41, 5.74) is 0.317. The van der Waals surface area contributed by atoms with Crippen molar-refractivity contribution in [3.05, 3.63) is 12.2 Å². The van der Waals surface area contributed by atoms with Gasteiger partial charge in [-0.2, -0.15) is 0 Å². The lowest BCUT2D eigenvalue weighted by Gasteiger charge is -1.95. The Bertz CT molecular complexity index is 128. The van der Waals surface area contributed by atoms with Crippen molar-refractivity contribution in [2.24, 2.45) is 0 Å². The fourth-order valence-corrected chi connectivity index (χ4v) is 0.497. The Kier molecular flexibility index (Phi) is 42.3. The number of carboxylic acids is 1. The van der Waals surface area contributed by atoms with E-state index in [4.69, 9.17) is 5.11 Å². The number of rotatable bonds is 4. The zero-order valence-electron chi connectivity index (χ0n) is 7.32. The van der Waals surface area contributed by atoms with Crippen LogP contribution < -0.4 is 0 Å². The molecule has 0 spiro atoms. The van der Waals surface area contributed by atoms with Crippen molar-refractivity contribution in [3.8, 4) is 0 Å².